The Kier molecular flexibility index (Phi) is 5.77. The number of likely N-dealkylation sites (N-methyl/N-ethyl adjacent to an activating group) is 1. The Morgan fingerprint density at radius 2 is 2.20 bits per heavy atom. The van der Waals surface area contributed by atoms with Crippen LogP contribution < -0.4 is 10.6 Å². The molecule has 1 fully saturated rings. The van der Waals surface area contributed by atoms with Gasteiger partial charge >= 0.3 is 0 Å². The van der Waals surface area contributed by atoms with Crippen LogP contribution in [-0.4, -0.2) is 19.6 Å². The Labute approximate surface area is 94.5 Å². The van der Waals surface area contributed by atoms with Crippen molar-refractivity contribution in [3.63, 3.8) is 0 Å². The normalized spacial score (nSPS) is 18.3. The first-order valence-corrected chi connectivity index (χ1v) is 6.37. The molecular formula is C13H26N2. The van der Waals surface area contributed by atoms with E-state index in [2.05, 4.69) is 24.1 Å². The van der Waals surface area contributed by atoms with E-state index in [0.717, 1.165) is 12.5 Å². The number of nitrogens with one attached hydrogen (secondary N) is 2. The predicted molar refractivity (Wildman–Crippen MR) is 66.9 cm³/mol. The van der Waals surface area contributed by atoms with Crippen molar-refractivity contribution in [3.8, 4) is 0 Å². The van der Waals surface area contributed by atoms with E-state index in [4.69, 9.17) is 0 Å². The molecule has 0 aliphatic heterocycles. The van der Waals surface area contributed by atoms with E-state index in [1.807, 2.05) is 7.05 Å². The Bertz CT molecular complexity index is 185. The first-order valence-electron chi connectivity index (χ1n) is 6.37. The Hall–Kier alpha value is -0.500. The zero-order valence-electron chi connectivity index (χ0n) is 10.3. The van der Waals surface area contributed by atoms with Crippen LogP contribution in [0.2, 0.25) is 0 Å². The number of hydrogen-bond acceptors (Lipinski definition) is 2. The molecule has 1 saturated carbocycles. The second-order valence-electron chi connectivity index (χ2n) is 4.69. The summed E-state index contributed by atoms with van der Waals surface area (Å²) in [7, 11) is 2.02. The topological polar surface area (TPSA) is 24.1 Å². The van der Waals surface area contributed by atoms with Gasteiger partial charge in [0.25, 0.3) is 0 Å². The Balaban J connectivity index is 2.16. The minimum atomic E-state index is 0.449. The van der Waals surface area contributed by atoms with E-state index >= 15 is 0 Å². The van der Waals surface area contributed by atoms with Crippen LogP contribution in [0, 0.1) is 5.92 Å². The molecule has 0 saturated heterocycles. The second kappa shape index (κ2) is 6.89. The van der Waals surface area contributed by atoms with Gasteiger partial charge in [0.05, 0.1) is 0 Å². The molecule has 0 bridgehead atoms. The van der Waals surface area contributed by atoms with E-state index in [1.165, 1.54) is 44.2 Å². The summed E-state index contributed by atoms with van der Waals surface area (Å²) in [4.78, 5) is 0. The van der Waals surface area contributed by atoms with Crippen LogP contribution in [0.1, 0.15) is 45.4 Å². The van der Waals surface area contributed by atoms with Crippen LogP contribution >= 0.6 is 0 Å². The van der Waals surface area contributed by atoms with Crippen LogP contribution in [0.25, 0.3) is 0 Å². The van der Waals surface area contributed by atoms with Gasteiger partial charge in [-0.2, -0.15) is 0 Å². The standard InChI is InChI=1S/C13H26N2/c1-4-5-9-13(14-3)11(2)15-10-12-7-6-8-12/h12-15H,2,4-10H2,1,3H3. The predicted octanol–water partition coefficient (Wildman–Crippen LogP) is 2.67. The molecule has 2 nitrogen and oxygen atoms in total. The molecule has 0 radical (unpaired) electrons. The second-order valence-corrected chi connectivity index (χ2v) is 4.69. The highest BCUT2D eigenvalue weighted by atomic mass is 15.0. The van der Waals surface area contributed by atoms with Gasteiger partial charge in [-0.3, -0.25) is 0 Å². The lowest BCUT2D eigenvalue weighted by Crippen LogP contribution is -2.36. The van der Waals surface area contributed by atoms with Crippen molar-refractivity contribution in [1.82, 2.24) is 10.6 Å². The van der Waals surface area contributed by atoms with Crippen LogP contribution in [0.3, 0.4) is 0 Å². The van der Waals surface area contributed by atoms with Crippen molar-refractivity contribution < 1.29 is 0 Å². The van der Waals surface area contributed by atoms with Gasteiger partial charge in [-0.05, 0) is 32.2 Å². The SMILES string of the molecule is C=C(NCC1CCC1)C(CCCC)NC. The molecule has 2 heteroatoms. The maximum absolute atomic E-state index is 4.14. The fourth-order valence-corrected chi connectivity index (χ4v) is 2.00. The minimum absolute atomic E-state index is 0.449. The first-order chi connectivity index (χ1) is 7.27. The van der Waals surface area contributed by atoms with Gasteiger partial charge in [0, 0.05) is 18.3 Å². The van der Waals surface area contributed by atoms with Crippen molar-refractivity contribution >= 4 is 0 Å². The van der Waals surface area contributed by atoms with Crippen molar-refractivity contribution in [3.05, 3.63) is 12.3 Å². The fraction of sp³-hybridized carbons (Fsp3) is 0.846. The van der Waals surface area contributed by atoms with Crippen LogP contribution in [-0.2, 0) is 0 Å². The molecule has 0 amide bonds. The summed E-state index contributed by atoms with van der Waals surface area (Å²) in [6.07, 6.45) is 7.95. The zero-order chi connectivity index (χ0) is 11.1. The highest BCUT2D eigenvalue weighted by Crippen LogP contribution is 2.25. The lowest BCUT2D eigenvalue weighted by Gasteiger charge is -2.28. The quantitative estimate of drug-likeness (QED) is 0.643. The minimum Gasteiger partial charge on any atom is -0.387 e. The summed E-state index contributed by atoms with van der Waals surface area (Å²) >= 11 is 0. The molecule has 0 spiro atoms. The molecule has 88 valence electrons. The first kappa shape index (κ1) is 12.6. The van der Waals surface area contributed by atoms with Crippen molar-refractivity contribution in [2.45, 2.75) is 51.5 Å². The zero-order valence-corrected chi connectivity index (χ0v) is 10.3. The lowest BCUT2D eigenvalue weighted by atomic mass is 9.85. The van der Waals surface area contributed by atoms with Gasteiger partial charge in [-0.25, -0.2) is 0 Å². The molecule has 0 aromatic carbocycles. The van der Waals surface area contributed by atoms with E-state index in [9.17, 15) is 0 Å². The van der Waals surface area contributed by atoms with Crippen LogP contribution in [0.4, 0.5) is 0 Å². The van der Waals surface area contributed by atoms with Gasteiger partial charge in [-0.1, -0.05) is 32.8 Å². The van der Waals surface area contributed by atoms with E-state index in [0.29, 0.717) is 6.04 Å². The molecular weight excluding hydrogens is 184 g/mol. The summed E-state index contributed by atoms with van der Waals surface area (Å²) in [5.74, 6) is 0.908. The third-order valence-corrected chi connectivity index (χ3v) is 3.46. The average Bonchev–Trinajstić information content (AvgIpc) is 2.16. The number of hydrogen-bond donors (Lipinski definition) is 2. The van der Waals surface area contributed by atoms with Crippen molar-refractivity contribution in [2.75, 3.05) is 13.6 Å². The molecule has 2 N–H and O–H groups in total. The average molecular weight is 210 g/mol. The Morgan fingerprint density at radius 1 is 1.47 bits per heavy atom. The Morgan fingerprint density at radius 3 is 2.67 bits per heavy atom. The van der Waals surface area contributed by atoms with E-state index in [-0.39, 0.29) is 0 Å². The molecule has 1 rings (SSSR count). The summed E-state index contributed by atoms with van der Waals surface area (Å²) in [6.45, 7) is 7.50. The molecule has 1 atom stereocenters. The number of unbranched alkanes of at least 4 members (excludes halogenated alkanes) is 1. The third-order valence-electron chi connectivity index (χ3n) is 3.46. The summed E-state index contributed by atoms with van der Waals surface area (Å²) in [6, 6.07) is 0.449. The van der Waals surface area contributed by atoms with Crippen molar-refractivity contribution in [1.29, 1.82) is 0 Å². The summed E-state index contributed by atoms with van der Waals surface area (Å²) in [5.41, 5.74) is 1.18. The largest absolute Gasteiger partial charge is 0.387 e. The van der Waals surface area contributed by atoms with Crippen molar-refractivity contribution in [2.24, 2.45) is 5.92 Å². The molecule has 1 unspecified atom stereocenters. The maximum Gasteiger partial charge on any atom is 0.0461 e. The van der Waals surface area contributed by atoms with Gasteiger partial charge in [-0.15, -0.1) is 0 Å². The molecule has 0 aromatic heterocycles. The molecule has 1 aliphatic carbocycles. The molecule has 0 aromatic rings. The van der Waals surface area contributed by atoms with Gasteiger partial charge in [0.1, 0.15) is 0 Å². The molecule has 15 heavy (non-hydrogen) atoms. The summed E-state index contributed by atoms with van der Waals surface area (Å²) in [5, 5.41) is 6.82. The molecule has 0 heterocycles. The van der Waals surface area contributed by atoms with Gasteiger partial charge in [0.2, 0.25) is 0 Å². The highest BCUT2D eigenvalue weighted by molar-refractivity contribution is 5.03. The van der Waals surface area contributed by atoms with Gasteiger partial charge in [0.15, 0.2) is 0 Å². The fourth-order valence-electron chi connectivity index (χ4n) is 2.00. The van der Waals surface area contributed by atoms with E-state index < -0.39 is 0 Å². The highest BCUT2D eigenvalue weighted by Gasteiger charge is 2.18. The lowest BCUT2D eigenvalue weighted by molar-refractivity contribution is 0.306. The van der Waals surface area contributed by atoms with Gasteiger partial charge < -0.3 is 10.6 Å². The summed E-state index contributed by atoms with van der Waals surface area (Å²) < 4.78 is 0. The maximum atomic E-state index is 4.14. The van der Waals surface area contributed by atoms with Crippen LogP contribution in [0.5, 0.6) is 0 Å². The third kappa shape index (κ3) is 4.25. The monoisotopic (exact) mass is 210 g/mol. The smallest absolute Gasteiger partial charge is 0.0461 e. The van der Waals surface area contributed by atoms with E-state index in [1.54, 1.807) is 0 Å². The molecule has 1 aliphatic rings. The van der Waals surface area contributed by atoms with Crippen LogP contribution in [0.15, 0.2) is 12.3 Å². The number of rotatable bonds is 8.